The van der Waals surface area contributed by atoms with Crippen LogP contribution < -0.4 is 11.1 Å². The van der Waals surface area contributed by atoms with Crippen molar-refractivity contribution in [1.29, 1.82) is 0 Å². The molecule has 0 unspecified atom stereocenters. The van der Waals surface area contributed by atoms with Crippen LogP contribution in [-0.2, 0) is 4.79 Å². The maximum absolute atomic E-state index is 11.6. The van der Waals surface area contributed by atoms with E-state index >= 15 is 0 Å². The van der Waals surface area contributed by atoms with Crippen molar-refractivity contribution in [2.75, 3.05) is 26.3 Å². The van der Waals surface area contributed by atoms with Gasteiger partial charge in [-0.2, -0.15) is 0 Å². The summed E-state index contributed by atoms with van der Waals surface area (Å²) in [6.45, 7) is 2.14. The number of amides is 1. The molecule has 0 aromatic rings. The molecule has 0 aliphatic rings. The van der Waals surface area contributed by atoms with E-state index in [1.54, 1.807) is 0 Å². The van der Waals surface area contributed by atoms with Crippen LogP contribution in [0.25, 0.3) is 0 Å². The van der Waals surface area contributed by atoms with Gasteiger partial charge in [0.05, 0.1) is 18.6 Å². The summed E-state index contributed by atoms with van der Waals surface area (Å²) in [5, 5.41) is 20.7. The first-order valence-corrected chi connectivity index (χ1v) is 5.81. The van der Waals surface area contributed by atoms with E-state index < -0.39 is 5.41 Å². The quantitative estimate of drug-likeness (QED) is 0.407. The van der Waals surface area contributed by atoms with Crippen LogP contribution in [0.3, 0.4) is 0 Å². The van der Waals surface area contributed by atoms with E-state index in [0.717, 1.165) is 25.7 Å². The van der Waals surface area contributed by atoms with Gasteiger partial charge in [-0.25, -0.2) is 0 Å². The molecule has 5 N–H and O–H groups in total. The van der Waals surface area contributed by atoms with Crippen LogP contribution in [0.15, 0.2) is 0 Å². The number of carbonyl (C=O) groups excluding carboxylic acids is 1. The highest BCUT2D eigenvalue weighted by Gasteiger charge is 2.31. The van der Waals surface area contributed by atoms with Crippen molar-refractivity contribution in [3.63, 3.8) is 0 Å². The normalized spacial score (nSPS) is 11.5. The van der Waals surface area contributed by atoms with Gasteiger partial charge in [0.15, 0.2) is 0 Å². The fourth-order valence-corrected chi connectivity index (χ4v) is 1.23. The molecule has 0 aliphatic carbocycles. The predicted octanol–water partition coefficient (Wildman–Crippen LogP) is -0.387. The Kier molecular flexibility index (Phi) is 8.15. The summed E-state index contributed by atoms with van der Waals surface area (Å²) in [5.41, 5.74) is 4.29. The van der Waals surface area contributed by atoms with Crippen LogP contribution in [0.5, 0.6) is 0 Å². The first-order chi connectivity index (χ1) is 7.60. The summed E-state index contributed by atoms with van der Waals surface area (Å²) in [5.74, 6) is -0.295. The summed E-state index contributed by atoms with van der Waals surface area (Å²) in [6, 6.07) is 0. The molecule has 0 atom stereocenters. The minimum atomic E-state index is -1.07. The lowest BCUT2D eigenvalue weighted by molar-refractivity contribution is -0.134. The van der Waals surface area contributed by atoms with Gasteiger partial charge in [-0.05, 0) is 26.3 Å². The second-order valence-corrected chi connectivity index (χ2v) is 4.34. The Morgan fingerprint density at radius 2 is 1.75 bits per heavy atom. The SMILES string of the molecule is CC(CO)(CO)C(=O)NCCCCCCN. The third kappa shape index (κ3) is 5.44. The fourth-order valence-electron chi connectivity index (χ4n) is 1.23. The van der Waals surface area contributed by atoms with Crippen molar-refractivity contribution >= 4 is 5.91 Å². The number of aliphatic hydroxyl groups is 2. The molecule has 0 rings (SSSR count). The van der Waals surface area contributed by atoms with Crippen molar-refractivity contribution in [3.8, 4) is 0 Å². The van der Waals surface area contributed by atoms with Gasteiger partial charge in [0.2, 0.25) is 5.91 Å². The smallest absolute Gasteiger partial charge is 0.230 e. The number of aliphatic hydroxyl groups excluding tert-OH is 2. The van der Waals surface area contributed by atoms with Crippen LogP contribution in [0, 0.1) is 5.41 Å². The molecule has 5 heteroatoms. The monoisotopic (exact) mass is 232 g/mol. The second-order valence-electron chi connectivity index (χ2n) is 4.34. The zero-order chi connectivity index (χ0) is 12.4. The van der Waals surface area contributed by atoms with E-state index in [9.17, 15) is 4.79 Å². The maximum atomic E-state index is 11.6. The summed E-state index contributed by atoms with van der Waals surface area (Å²) in [6.07, 6.45) is 4.02. The Labute approximate surface area is 97.0 Å². The minimum Gasteiger partial charge on any atom is -0.395 e. The molecule has 0 bridgehead atoms. The number of nitrogens with two attached hydrogens (primary N) is 1. The molecule has 0 heterocycles. The summed E-state index contributed by atoms with van der Waals surface area (Å²) in [4.78, 5) is 11.6. The predicted molar refractivity (Wildman–Crippen MR) is 62.8 cm³/mol. The van der Waals surface area contributed by atoms with Crippen LogP contribution in [0.2, 0.25) is 0 Å². The average Bonchev–Trinajstić information content (AvgIpc) is 2.32. The van der Waals surface area contributed by atoms with Gasteiger partial charge < -0.3 is 21.3 Å². The lowest BCUT2D eigenvalue weighted by Crippen LogP contribution is -2.44. The fraction of sp³-hybridized carbons (Fsp3) is 0.909. The molecule has 0 spiro atoms. The second kappa shape index (κ2) is 8.50. The van der Waals surface area contributed by atoms with E-state index in [1.807, 2.05) is 0 Å². The van der Waals surface area contributed by atoms with Crippen molar-refractivity contribution < 1.29 is 15.0 Å². The molecule has 0 radical (unpaired) electrons. The van der Waals surface area contributed by atoms with E-state index in [1.165, 1.54) is 6.92 Å². The minimum absolute atomic E-state index is 0.295. The van der Waals surface area contributed by atoms with Gasteiger partial charge in [-0.3, -0.25) is 4.79 Å². The molecule has 5 nitrogen and oxygen atoms in total. The highest BCUT2D eigenvalue weighted by atomic mass is 16.3. The van der Waals surface area contributed by atoms with E-state index in [-0.39, 0.29) is 19.1 Å². The van der Waals surface area contributed by atoms with Crippen LogP contribution in [0.4, 0.5) is 0 Å². The molecule has 0 aromatic carbocycles. The Balaban J connectivity index is 3.64. The Morgan fingerprint density at radius 3 is 2.25 bits per heavy atom. The number of hydrogen-bond acceptors (Lipinski definition) is 4. The van der Waals surface area contributed by atoms with Crippen molar-refractivity contribution in [3.05, 3.63) is 0 Å². The maximum Gasteiger partial charge on any atom is 0.230 e. The topological polar surface area (TPSA) is 95.6 Å². The summed E-state index contributed by atoms with van der Waals surface area (Å²) in [7, 11) is 0. The van der Waals surface area contributed by atoms with Gasteiger partial charge in [0.1, 0.15) is 0 Å². The van der Waals surface area contributed by atoms with Gasteiger partial charge >= 0.3 is 0 Å². The zero-order valence-corrected chi connectivity index (χ0v) is 10.0. The average molecular weight is 232 g/mol. The highest BCUT2D eigenvalue weighted by Crippen LogP contribution is 2.13. The van der Waals surface area contributed by atoms with Crippen molar-refractivity contribution in [2.45, 2.75) is 32.6 Å². The van der Waals surface area contributed by atoms with E-state index in [4.69, 9.17) is 15.9 Å². The van der Waals surface area contributed by atoms with Gasteiger partial charge in [0, 0.05) is 6.54 Å². The Bertz CT molecular complexity index is 194. The van der Waals surface area contributed by atoms with Crippen molar-refractivity contribution in [1.82, 2.24) is 5.32 Å². The van der Waals surface area contributed by atoms with Gasteiger partial charge in [-0.1, -0.05) is 12.8 Å². The van der Waals surface area contributed by atoms with Crippen LogP contribution in [-0.4, -0.2) is 42.4 Å². The first-order valence-electron chi connectivity index (χ1n) is 5.81. The Hall–Kier alpha value is -0.650. The molecule has 0 aromatic heterocycles. The van der Waals surface area contributed by atoms with Gasteiger partial charge in [-0.15, -0.1) is 0 Å². The molecule has 16 heavy (non-hydrogen) atoms. The molecule has 0 fully saturated rings. The standard InChI is InChI=1S/C11H24N2O3/c1-11(8-14,9-15)10(16)13-7-5-3-2-4-6-12/h14-15H,2-9,12H2,1H3,(H,13,16). The lowest BCUT2D eigenvalue weighted by atomic mass is 9.92. The molecule has 0 saturated heterocycles. The molecular formula is C11H24N2O3. The molecule has 1 amide bonds. The largest absolute Gasteiger partial charge is 0.395 e. The van der Waals surface area contributed by atoms with Crippen molar-refractivity contribution in [2.24, 2.45) is 11.1 Å². The highest BCUT2D eigenvalue weighted by molar-refractivity contribution is 5.82. The number of rotatable bonds is 9. The molecular weight excluding hydrogens is 208 g/mol. The zero-order valence-electron chi connectivity index (χ0n) is 10.0. The third-order valence-corrected chi connectivity index (χ3v) is 2.66. The summed E-state index contributed by atoms with van der Waals surface area (Å²) >= 11 is 0. The molecule has 96 valence electrons. The van der Waals surface area contributed by atoms with E-state index in [2.05, 4.69) is 5.32 Å². The molecule has 0 aliphatic heterocycles. The summed E-state index contributed by atoms with van der Waals surface area (Å²) < 4.78 is 0. The number of hydrogen-bond donors (Lipinski definition) is 4. The van der Waals surface area contributed by atoms with E-state index in [0.29, 0.717) is 13.1 Å². The number of nitrogens with one attached hydrogen (secondary N) is 1. The lowest BCUT2D eigenvalue weighted by Gasteiger charge is -2.23. The van der Waals surface area contributed by atoms with Gasteiger partial charge in [0.25, 0.3) is 0 Å². The Morgan fingerprint density at radius 1 is 1.19 bits per heavy atom. The first kappa shape index (κ1) is 15.3. The third-order valence-electron chi connectivity index (χ3n) is 2.66. The van der Waals surface area contributed by atoms with Crippen LogP contribution in [0.1, 0.15) is 32.6 Å². The van der Waals surface area contributed by atoms with Crippen LogP contribution >= 0.6 is 0 Å². The molecule has 0 saturated carbocycles. The number of carbonyl (C=O) groups is 1. The number of unbranched alkanes of at least 4 members (excludes halogenated alkanes) is 3.